The lowest BCUT2D eigenvalue weighted by Gasteiger charge is -2.13. The Hall–Kier alpha value is -1.32. The lowest BCUT2D eigenvalue weighted by Crippen LogP contribution is -2.37. The van der Waals surface area contributed by atoms with Gasteiger partial charge in [0.1, 0.15) is 0 Å². The van der Waals surface area contributed by atoms with E-state index in [1.54, 1.807) is 13.1 Å². The van der Waals surface area contributed by atoms with Gasteiger partial charge in [-0.15, -0.1) is 6.58 Å². The number of likely N-dealkylation sites (N-methyl/N-ethyl adjacent to an activating group) is 1. The Morgan fingerprint density at radius 1 is 1.54 bits per heavy atom. The van der Waals surface area contributed by atoms with Crippen molar-refractivity contribution in [3.8, 4) is 0 Å². The van der Waals surface area contributed by atoms with Crippen LogP contribution >= 0.6 is 0 Å². The van der Waals surface area contributed by atoms with Crippen LogP contribution < -0.4 is 5.32 Å². The number of carbonyl (C=O) groups is 2. The van der Waals surface area contributed by atoms with E-state index >= 15 is 0 Å². The minimum Gasteiger partial charge on any atom is -0.354 e. The highest BCUT2D eigenvalue weighted by atomic mass is 16.2. The van der Waals surface area contributed by atoms with Crippen molar-refractivity contribution in [2.24, 2.45) is 0 Å². The summed E-state index contributed by atoms with van der Waals surface area (Å²) in [4.78, 5) is 23.2. The van der Waals surface area contributed by atoms with E-state index < -0.39 is 0 Å². The molecular formula is C9H16N2O2. The summed E-state index contributed by atoms with van der Waals surface area (Å²) in [6, 6.07) is 0. The first-order valence-electron chi connectivity index (χ1n) is 4.17. The largest absolute Gasteiger partial charge is 0.354 e. The quantitative estimate of drug-likeness (QED) is 0.488. The number of rotatable bonds is 5. The van der Waals surface area contributed by atoms with Gasteiger partial charge < -0.3 is 10.2 Å². The molecule has 0 bridgehead atoms. The van der Waals surface area contributed by atoms with E-state index in [2.05, 4.69) is 11.9 Å². The molecule has 0 fully saturated rings. The molecule has 0 radical (unpaired) electrons. The monoisotopic (exact) mass is 184 g/mol. The zero-order valence-corrected chi connectivity index (χ0v) is 8.17. The van der Waals surface area contributed by atoms with Crippen LogP contribution in [0.4, 0.5) is 0 Å². The third-order valence-electron chi connectivity index (χ3n) is 1.59. The maximum Gasteiger partial charge on any atom is 0.239 e. The summed E-state index contributed by atoms with van der Waals surface area (Å²) in [5.41, 5.74) is 0. The van der Waals surface area contributed by atoms with Crippen molar-refractivity contribution < 1.29 is 9.59 Å². The molecule has 4 heteroatoms. The number of carbonyl (C=O) groups excluding carboxylic acids is 2. The van der Waals surface area contributed by atoms with Crippen molar-refractivity contribution >= 4 is 11.8 Å². The summed E-state index contributed by atoms with van der Waals surface area (Å²) in [6.07, 6.45) is 2.48. The number of amides is 2. The van der Waals surface area contributed by atoms with Crippen molar-refractivity contribution in [3.63, 3.8) is 0 Å². The Morgan fingerprint density at radius 2 is 2.15 bits per heavy atom. The van der Waals surface area contributed by atoms with E-state index in [-0.39, 0.29) is 18.4 Å². The van der Waals surface area contributed by atoms with Gasteiger partial charge >= 0.3 is 0 Å². The highest BCUT2D eigenvalue weighted by Crippen LogP contribution is 1.83. The topological polar surface area (TPSA) is 49.4 Å². The number of nitrogens with one attached hydrogen (secondary N) is 1. The van der Waals surface area contributed by atoms with E-state index in [1.807, 2.05) is 0 Å². The zero-order chi connectivity index (χ0) is 10.3. The zero-order valence-electron chi connectivity index (χ0n) is 8.17. The van der Waals surface area contributed by atoms with Crippen LogP contribution in [0.1, 0.15) is 13.3 Å². The highest BCUT2D eigenvalue weighted by molar-refractivity contribution is 5.83. The van der Waals surface area contributed by atoms with Crippen LogP contribution in [-0.4, -0.2) is 36.9 Å². The summed E-state index contributed by atoms with van der Waals surface area (Å²) in [5.74, 6) is -0.251. The number of hydrogen-bond acceptors (Lipinski definition) is 2. The first-order chi connectivity index (χ1) is 6.07. The fourth-order valence-electron chi connectivity index (χ4n) is 0.696. The van der Waals surface area contributed by atoms with Gasteiger partial charge in [0.05, 0.1) is 6.54 Å². The Bertz CT molecular complexity index is 202. The summed E-state index contributed by atoms with van der Waals surface area (Å²) in [5, 5.41) is 2.67. The molecule has 1 N–H and O–H groups in total. The number of hydrogen-bond donors (Lipinski definition) is 1. The second kappa shape index (κ2) is 6.22. The standard InChI is InChI=1S/C9H16N2O2/c1-4-5-6-10-9(13)7-11(3)8(2)12/h4H,1,5-7H2,2-3H3,(H,10,13). The molecule has 4 nitrogen and oxygen atoms in total. The third kappa shape index (κ3) is 5.90. The van der Waals surface area contributed by atoms with Crippen LogP contribution in [-0.2, 0) is 9.59 Å². The molecule has 0 rings (SSSR count). The molecule has 13 heavy (non-hydrogen) atoms. The van der Waals surface area contributed by atoms with Gasteiger partial charge in [-0.3, -0.25) is 9.59 Å². The lowest BCUT2D eigenvalue weighted by molar-refractivity contribution is -0.133. The highest BCUT2D eigenvalue weighted by Gasteiger charge is 2.06. The molecule has 0 saturated carbocycles. The number of nitrogens with zero attached hydrogens (tertiary/aromatic N) is 1. The van der Waals surface area contributed by atoms with Gasteiger partial charge in [-0.25, -0.2) is 0 Å². The summed E-state index contributed by atoms with van der Waals surface area (Å²) >= 11 is 0. The fourth-order valence-corrected chi connectivity index (χ4v) is 0.696. The van der Waals surface area contributed by atoms with Gasteiger partial charge in [-0.2, -0.15) is 0 Å². The molecule has 0 aromatic carbocycles. The van der Waals surface area contributed by atoms with Crippen LogP contribution in [0.2, 0.25) is 0 Å². The molecule has 0 aliphatic rings. The maximum atomic E-state index is 11.1. The fraction of sp³-hybridized carbons (Fsp3) is 0.556. The first-order valence-corrected chi connectivity index (χ1v) is 4.17. The SMILES string of the molecule is C=CCCNC(=O)CN(C)C(C)=O. The van der Waals surface area contributed by atoms with Gasteiger partial charge in [-0.1, -0.05) is 6.08 Å². The van der Waals surface area contributed by atoms with Crippen molar-refractivity contribution in [2.45, 2.75) is 13.3 Å². The molecule has 0 unspecified atom stereocenters. The third-order valence-corrected chi connectivity index (χ3v) is 1.59. The van der Waals surface area contributed by atoms with E-state index in [0.717, 1.165) is 6.42 Å². The predicted molar refractivity (Wildman–Crippen MR) is 51.1 cm³/mol. The molecule has 0 aromatic rings. The molecule has 74 valence electrons. The smallest absolute Gasteiger partial charge is 0.239 e. The second-order valence-corrected chi connectivity index (χ2v) is 2.80. The molecule has 0 spiro atoms. The Labute approximate surface area is 78.6 Å². The summed E-state index contributed by atoms with van der Waals surface area (Å²) in [6.45, 7) is 5.65. The molecule has 0 aromatic heterocycles. The van der Waals surface area contributed by atoms with Gasteiger partial charge in [0.15, 0.2) is 0 Å². The minimum absolute atomic E-state index is 0.112. The van der Waals surface area contributed by atoms with Crippen molar-refractivity contribution in [2.75, 3.05) is 20.1 Å². The van der Waals surface area contributed by atoms with Crippen molar-refractivity contribution in [3.05, 3.63) is 12.7 Å². The molecule has 0 atom stereocenters. The van der Waals surface area contributed by atoms with Crippen LogP contribution in [0, 0.1) is 0 Å². The first kappa shape index (κ1) is 11.7. The van der Waals surface area contributed by atoms with Crippen molar-refractivity contribution in [1.82, 2.24) is 10.2 Å². The van der Waals surface area contributed by atoms with Crippen LogP contribution in [0.25, 0.3) is 0 Å². The molecule has 0 aliphatic carbocycles. The lowest BCUT2D eigenvalue weighted by atomic mass is 10.4. The Balaban J connectivity index is 3.61. The Morgan fingerprint density at radius 3 is 2.62 bits per heavy atom. The Kier molecular flexibility index (Phi) is 5.59. The molecule has 2 amide bonds. The second-order valence-electron chi connectivity index (χ2n) is 2.80. The maximum absolute atomic E-state index is 11.1. The molecule has 0 heterocycles. The molecular weight excluding hydrogens is 168 g/mol. The average Bonchev–Trinajstić information content (AvgIpc) is 2.04. The molecule has 0 saturated heterocycles. The summed E-state index contributed by atoms with van der Waals surface area (Å²) in [7, 11) is 1.59. The average molecular weight is 184 g/mol. The van der Waals surface area contributed by atoms with E-state index in [1.165, 1.54) is 11.8 Å². The van der Waals surface area contributed by atoms with Gasteiger partial charge in [0.2, 0.25) is 11.8 Å². The van der Waals surface area contributed by atoms with E-state index in [4.69, 9.17) is 0 Å². The van der Waals surface area contributed by atoms with Crippen LogP contribution in [0.3, 0.4) is 0 Å². The van der Waals surface area contributed by atoms with Crippen LogP contribution in [0.15, 0.2) is 12.7 Å². The minimum atomic E-state index is -0.139. The summed E-state index contributed by atoms with van der Waals surface area (Å²) < 4.78 is 0. The van der Waals surface area contributed by atoms with Gasteiger partial charge in [0, 0.05) is 20.5 Å². The predicted octanol–water partition coefficient (Wildman–Crippen LogP) is 0.157. The van der Waals surface area contributed by atoms with Crippen molar-refractivity contribution in [1.29, 1.82) is 0 Å². The normalized spacial score (nSPS) is 9.08. The molecule has 0 aliphatic heterocycles. The van der Waals surface area contributed by atoms with Crippen LogP contribution in [0.5, 0.6) is 0 Å². The van der Waals surface area contributed by atoms with Gasteiger partial charge in [0.25, 0.3) is 0 Å². The van der Waals surface area contributed by atoms with E-state index in [9.17, 15) is 9.59 Å². The van der Waals surface area contributed by atoms with Gasteiger partial charge in [-0.05, 0) is 6.42 Å². The van der Waals surface area contributed by atoms with E-state index in [0.29, 0.717) is 6.54 Å².